The third kappa shape index (κ3) is 3.85. The molecule has 0 atom stereocenters. The van der Waals surface area contributed by atoms with E-state index in [9.17, 15) is 9.18 Å². The summed E-state index contributed by atoms with van der Waals surface area (Å²) in [5.41, 5.74) is 2.64. The lowest BCUT2D eigenvalue weighted by atomic mass is 10.1. The number of hydrogen-bond donors (Lipinski definition) is 2. The lowest BCUT2D eigenvalue weighted by Crippen LogP contribution is -2.24. The molecule has 0 saturated carbocycles. The molecule has 0 unspecified atom stereocenters. The zero-order valence-corrected chi connectivity index (χ0v) is 14.8. The summed E-state index contributed by atoms with van der Waals surface area (Å²) < 4.78 is 19.6. The minimum absolute atomic E-state index is 0.0283. The first-order valence-electron chi connectivity index (χ1n) is 8.15. The number of rotatable bonds is 6. The van der Waals surface area contributed by atoms with Crippen molar-refractivity contribution < 1.29 is 13.7 Å². The number of nitrogens with one attached hydrogen (secondary N) is 2. The zero-order valence-electron chi connectivity index (χ0n) is 14.1. The fourth-order valence-electron chi connectivity index (χ4n) is 2.82. The molecule has 0 spiro atoms. The first kappa shape index (κ1) is 17.5. The number of amides is 1. The molecule has 2 heterocycles. The van der Waals surface area contributed by atoms with E-state index in [1.54, 1.807) is 6.07 Å². The van der Waals surface area contributed by atoms with Crippen LogP contribution in [0.3, 0.4) is 0 Å². The molecule has 0 radical (unpaired) electrons. The van der Waals surface area contributed by atoms with Gasteiger partial charge < -0.3 is 14.8 Å². The number of H-pyrrole nitrogens is 1. The number of aromatic amines is 1. The number of aryl methyl sites for hydroxylation is 3. The molecule has 2 aromatic heterocycles. The second kappa shape index (κ2) is 7.27. The quantitative estimate of drug-likeness (QED) is 0.701. The molecule has 5 nitrogen and oxygen atoms in total. The number of carbonyl (C=O) groups is 1. The SMILES string of the molecule is CCNC(=O)Cc1[nH]c2cc(CCc3cc(C)on3)c(Cl)cc2c1F. The van der Waals surface area contributed by atoms with Crippen LogP contribution in [0.2, 0.25) is 5.02 Å². The molecule has 3 aromatic rings. The molecule has 0 aliphatic rings. The number of benzene rings is 1. The van der Waals surface area contributed by atoms with E-state index < -0.39 is 5.82 Å². The van der Waals surface area contributed by atoms with Gasteiger partial charge in [0.2, 0.25) is 5.91 Å². The summed E-state index contributed by atoms with van der Waals surface area (Å²) in [6.07, 6.45) is 1.31. The van der Waals surface area contributed by atoms with Gasteiger partial charge in [0.25, 0.3) is 0 Å². The topological polar surface area (TPSA) is 70.9 Å². The molecule has 7 heteroatoms. The Balaban J connectivity index is 1.83. The number of aromatic nitrogens is 2. The van der Waals surface area contributed by atoms with Gasteiger partial charge in [-0.15, -0.1) is 0 Å². The van der Waals surface area contributed by atoms with E-state index in [1.807, 2.05) is 26.0 Å². The Labute approximate surface area is 149 Å². The van der Waals surface area contributed by atoms with Crippen LogP contribution in [0, 0.1) is 12.7 Å². The molecular weight excluding hydrogens is 345 g/mol. The van der Waals surface area contributed by atoms with Gasteiger partial charge in [-0.25, -0.2) is 4.39 Å². The van der Waals surface area contributed by atoms with Crippen molar-refractivity contribution in [3.63, 3.8) is 0 Å². The van der Waals surface area contributed by atoms with Crippen molar-refractivity contribution in [2.45, 2.75) is 33.1 Å². The number of halogens is 2. The van der Waals surface area contributed by atoms with Crippen molar-refractivity contribution in [1.29, 1.82) is 0 Å². The van der Waals surface area contributed by atoms with Gasteiger partial charge in [0, 0.05) is 28.5 Å². The Bertz CT molecular complexity index is 917. The van der Waals surface area contributed by atoms with Gasteiger partial charge >= 0.3 is 0 Å². The molecule has 0 aliphatic carbocycles. The van der Waals surface area contributed by atoms with Gasteiger partial charge in [-0.2, -0.15) is 0 Å². The first-order chi connectivity index (χ1) is 12.0. The zero-order chi connectivity index (χ0) is 18.0. The average molecular weight is 364 g/mol. The summed E-state index contributed by atoms with van der Waals surface area (Å²) in [7, 11) is 0. The van der Waals surface area contributed by atoms with Crippen molar-refractivity contribution in [1.82, 2.24) is 15.5 Å². The Morgan fingerprint density at radius 2 is 2.16 bits per heavy atom. The van der Waals surface area contributed by atoms with Crippen molar-refractivity contribution in [2.24, 2.45) is 0 Å². The van der Waals surface area contributed by atoms with Crippen molar-refractivity contribution in [2.75, 3.05) is 6.54 Å². The fraction of sp³-hybridized carbons (Fsp3) is 0.333. The second-order valence-electron chi connectivity index (χ2n) is 5.97. The predicted molar refractivity (Wildman–Crippen MR) is 94.3 cm³/mol. The van der Waals surface area contributed by atoms with Gasteiger partial charge in [-0.1, -0.05) is 16.8 Å². The third-order valence-corrected chi connectivity index (χ3v) is 4.36. The van der Waals surface area contributed by atoms with E-state index in [4.69, 9.17) is 16.1 Å². The third-order valence-electron chi connectivity index (χ3n) is 4.01. The second-order valence-corrected chi connectivity index (χ2v) is 6.37. The van der Waals surface area contributed by atoms with Crippen LogP contribution < -0.4 is 5.32 Å². The highest BCUT2D eigenvalue weighted by Gasteiger charge is 2.16. The van der Waals surface area contributed by atoms with Crippen LogP contribution in [0.25, 0.3) is 10.9 Å². The average Bonchev–Trinajstić information content (AvgIpc) is 3.10. The van der Waals surface area contributed by atoms with Crippen LogP contribution in [0.5, 0.6) is 0 Å². The summed E-state index contributed by atoms with van der Waals surface area (Å²) in [5.74, 6) is 0.112. The van der Waals surface area contributed by atoms with Gasteiger partial charge in [0.1, 0.15) is 5.76 Å². The summed E-state index contributed by atoms with van der Waals surface area (Å²) in [6.45, 7) is 4.17. The molecule has 2 N–H and O–H groups in total. The number of likely N-dealkylation sites (N-methyl/N-ethyl adjacent to an activating group) is 1. The highest BCUT2D eigenvalue weighted by Crippen LogP contribution is 2.28. The van der Waals surface area contributed by atoms with E-state index in [0.29, 0.717) is 35.3 Å². The summed E-state index contributed by atoms with van der Waals surface area (Å²) in [6, 6.07) is 5.31. The van der Waals surface area contributed by atoms with Crippen LogP contribution in [0.1, 0.15) is 29.6 Å². The molecule has 0 aliphatic heterocycles. The normalized spacial score (nSPS) is 11.2. The van der Waals surface area contributed by atoms with Crippen molar-refractivity contribution in [3.8, 4) is 0 Å². The maximum atomic E-state index is 14.5. The minimum Gasteiger partial charge on any atom is -0.361 e. The summed E-state index contributed by atoms with van der Waals surface area (Å²) in [4.78, 5) is 14.7. The van der Waals surface area contributed by atoms with Gasteiger partial charge in [0.05, 0.1) is 17.8 Å². The maximum absolute atomic E-state index is 14.5. The standard InChI is InChI=1S/C18H19ClFN3O2/c1-3-21-17(24)9-16-18(20)13-8-14(19)11(7-15(13)22-16)4-5-12-6-10(2)25-23-12/h6-8,22H,3-5,9H2,1-2H3,(H,21,24). The lowest BCUT2D eigenvalue weighted by Gasteiger charge is -2.03. The number of hydrogen-bond acceptors (Lipinski definition) is 3. The predicted octanol–water partition coefficient (Wildman–Crippen LogP) is 3.72. The lowest BCUT2D eigenvalue weighted by molar-refractivity contribution is -0.120. The molecule has 0 bridgehead atoms. The monoisotopic (exact) mass is 363 g/mol. The van der Waals surface area contributed by atoms with Crippen LogP contribution in [0.15, 0.2) is 22.7 Å². The minimum atomic E-state index is -0.429. The van der Waals surface area contributed by atoms with E-state index in [1.165, 1.54) is 0 Å². The first-order valence-corrected chi connectivity index (χ1v) is 8.53. The number of carbonyl (C=O) groups excluding carboxylic acids is 1. The highest BCUT2D eigenvalue weighted by atomic mass is 35.5. The maximum Gasteiger partial charge on any atom is 0.226 e. The van der Waals surface area contributed by atoms with E-state index in [2.05, 4.69) is 15.5 Å². The molecule has 3 rings (SSSR count). The largest absolute Gasteiger partial charge is 0.361 e. The fourth-order valence-corrected chi connectivity index (χ4v) is 3.07. The van der Waals surface area contributed by atoms with Gasteiger partial charge in [-0.05, 0) is 44.4 Å². The summed E-state index contributed by atoms with van der Waals surface area (Å²) >= 11 is 6.31. The van der Waals surface area contributed by atoms with Crippen molar-refractivity contribution >= 4 is 28.4 Å². The number of fused-ring (bicyclic) bond motifs is 1. The van der Waals surface area contributed by atoms with E-state index >= 15 is 0 Å². The van der Waals surface area contributed by atoms with Crippen LogP contribution >= 0.6 is 11.6 Å². The Kier molecular flexibility index (Phi) is 5.08. The Hall–Kier alpha value is -2.34. The smallest absolute Gasteiger partial charge is 0.226 e. The Morgan fingerprint density at radius 3 is 2.84 bits per heavy atom. The summed E-state index contributed by atoms with van der Waals surface area (Å²) in [5, 5.41) is 7.51. The van der Waals surface area contributed by atoms with Crippen LogP contribution in [-0.2, 0) is 24.1 Å². The molecule has 1 amide bonds. The van der Waals surface area contributed by atoms with Crippen LogP contribution in [-0.4, -0.2) is 22.6 Å². The molecule has 0 saturated heterocycles. The Morgan fingerprint density at radius 1 is 1.36 bits per heavy atom. The molecule has 0 fully saturated rings. The van der Waals surface area contributed by atoms with E-state index in [-0.39, 0.29) is 18.0 Å². The highest BCUT2D eigenvalue weighted by molar-refractivity contribution is 6.32. The molecule has 25 heavy (non-hydrogen) atoms. The molecule has 132 valence electrons. The molecule has 1 aromatic carbocycles. The van der Waals surface area contributed by atoms with Crippen LogP contribution in [0.4, 0.5) is 4.39 Å². The van der Waals surface area contributed by atoms with E-state index in [0.717, 1.165) is 17.0 Å². The number of nitrogens with zero attached hydrogens (tertiary/aromatic N) is 1. The molecular formula is C18H19ClFN3O2. The van der Waals surface area contributed by atoms with Gasteiger partial charge in [0.15, 0.2) is 5.82 Å². The van der Waals surface area contributed by atoms with Gasteiger partial charge in [-0.3, -0.25) is 4.79 Å². The van der Waals surface area contributed by atoms with Crippen molar-refractivity contribution in [3.05, 3.63) is 51.8 Å².